The van der Waals surface area contributed by atoms with Crippen molar-refractivity contribution in [2.75, 3.05) is 33.1 Å². The highest BCUT2D eigenvalue weighted by atomic mass is 35.5. The second-order valence-corrected chi connectivity index (χ2v) is 9.94. The molecule has 39 heavy (non-hydrogen) atoms. The highest BCUT2D eigenvalue weighted by Gasteiger charge is 2.34. The fourth-order valence-electron chi connectivity index (χ4n) is 4.14. The molecule has 3 N–H and O–H groups in total. The van der Waals surface area contributed by atoms with Gasteiger partial charge in [0.15, 0.2) is 0 Å². The van der Waals surface area contributed by atoms with E-state index < -0.39 is 11.6 Å². The molecule has 0 heterocycles. The molecule has 8 heteroatoms. The summed E-state index contributed by atoms with van der Waals surface area (Å²) in [5, 5.41) is 23.9. The van der Waals surface area contributed by atoms with Crippen molar-refractivity contribution in [2.24, 2.45) is 5.92 Å². The van der Waals surface area contributed by atoms with E-state index in [1.165, 1.54) is 0 Å². The van der Waals surface area contributed by atoms with Crippen LogP contribution in [0.1, 0.15) is 46.2 Å². The van der Waals surface area contributed by atoms with Crippen LogP contribution < -0.4 is 10.1 Å². The molecule has 0 unspecified atom stereocenters. The minimum atomic E-state index is -0.889. The Morgan fingerprint density at radius 2 is 1.62 bits per heavy atom. The topological polar surface area (TPSA) is 82.0 Å². The summed E-state index contributed by atoms with van der Waals surface area (Å²) in [6.45, 7) is 4.95. The number of anilines is 2. The van der Waals surface area contributed by atoms with Crippen molar-refractivity contribution in [1.82, 2.24) is 4.90 Å². The molecule has 0 bridgehead atoms. The zero-order valence-electron chi connectivity index (χ0n) is 22.0. The van der Waals surface area contributed by atoms with Crippen LogP contribution in [0.4, 0.5) is 11.4 Å². The average Bonchev–Trinajstić information content (AvgIpc) is 2.86. The number of carboxylic acids is 1. The molecule has 0 aromatic heterocycles. The third-order valence-corrected chi connectivity index (χ3v) is 6.77. The Labute approximate surface area is 244 Å². The largest absolute Gasteiger partial charge is 0.497 e. The predicted molar refractivity (Wildman–Crippen MR) is 166 cm³/mol. The van der Waals surface area contributed by atoms with Crippen LogP contribution in [0.5, 0.6) is 5.75 Å². The first kappa shape index (κ1) is 36.2. The number of ether oxygens (including phenoxy) is 1. The van der Waals surface area contributed by atoms with Crippen molar-refractivity contribution >= 4 is 40.5 Å². The summed E-state index contributed by atoms with van der Waals surface area (Å²) in [5.74, 6) is 0.0561. The maximum Gasteiger partial charge on any atom is 0.307 e. The smallest absolute Gasteiger partial charge is 0.307 e. The molecule has 0 aliphatic heterocycles. The number of hydrogen-bond donors (Lipinski definition) is 3. The summed E-state index contributed by atoms with van der Waals surface area (Å²) in [6.07, 6.45) is 0.625. The van der Waals surface area contributed by atoms with Gasteiger partial charge in [0.1, 0.15) is 5.75 Å². The van der Waals surface area contributed by atoms with E-state index in [0.717, 1.165) is 17.9 Å². The van der Waals surface area contributed by atoms with Crippen LogP contribution in [-0.2, 0) is 16.8 Å². The molecule has 0 aliphatic rings. The molecule has 0 saturated carbocycles. The number of carboxylic acid groups (broad SMARTS) is 1. The Balaban J connectivity index is 0.000000706. The van der Waals surface area contributed by atoms with Gasteiger partial charge in [0.2, 0.25) is 0 Å². The zero-order valence-corrected chi connectivity index (χ0v) is 23.5. The summed E-state index contributed by atoms with van der Waals surface area (Å²) in [6, 6.07) is 20.1. The maximum atomic E-state index is 10.9. The van der Waals surface area contributed by atoms with Crippen LogP contribution in [0.25, 0.3) is 0 Å². The highest BCUT2D eigenvalue weighted by molar-refractivity contribution is 6.39. The van der Waals surface area contributed by atoms with Crippen LogP contribution in [0, 0.1) is 5.92 Å². The van der Waals surface area contributed by atoms with E-state index in [9.17, 15) is 9.90 Å². The van der Waals surface area contributed by atoms with Crippen molar-refractivity contribution in [3.8, 4) is 5.75 Å². The lowest BCUT2D eigenvalue weighted by Gasteiger charge is -2.35. The molecule has 0 radical (unpaired) electrons. The summed E-state index contributed by atoms with van der Waals surface area (Å²) in [7, 11) is 5.70. The zero-order chi connectivity index (χ0) is 27.6. The molecule has 2 atom stereocenters. The second kappa shape index (κ2) is 17.0. The Kier molecular flexibility index (Phi) is 15.8. The molecule has 3 aromatic rings. The SMILES string of the molecule is C.C.CC[C@](O)(c1cccc(OC)c1)[C@H](C)CN(C)C.O=C(O)Cc1ccccc1Nc1c(Cl)cccc1Cl. The number of aliphatic hydroxyl groups is 1. The van der Waals surface area contributed by atoms with E-state index in [4.69, 9.17) is 33.0 Å². The molecular weight excluding hydrogens is 535 g/mol. The fraction of sp³-hybridized carbons (Fsp3) is 0.387. The number of aliphatic carboxylic acids is 1. The van der Waals surface area contributed by atoms with E-state index in [0.29, 0.717) is 33.4 Å². The van der Waals surface area contributed by atoms with E-state index >= 15 is 0 Å². The minimum absolute atomic E-state index is 0. The van der Waals surface area contributed by atoms with Gasteiger partial charge in [0.05, 0.1) is 34.9 Å². The van der Waals surface area contributed by atoms with Gasteiger partial charge in [-0.25, -0.2) is 0 Å². The van der Waals surface area contributed by atoms with Gasteiger partial charge in [0.25, 0.3) is 0 Å². The van der Waals surface area contributed by atoms with E-state index in [1.54, 1.807) is 43.5 Å². The molecule has 6 nitrogen and oxygen atoms in total. The van der Waals surface area contributed by atoms with Gasteiger partial charge >= 0.3 is 5.97 Å². The molecule has 0 amide bonds. The van der Waals surface area contributed by atoms with Gasteiger partial charge < -0.3 is 25.2 Å². The fourth-order valence-corrected chi connectivity index (χ4v) is 4.63. The quantitative estimate of drug-likeness (QED) is 0.225. The molecule has 0 spiro atoms. The summed E-state index contributed by atoms with van der Waals surface area (Å²) in [5.41, 5.74) is 2.05. The normalized spacial score (nSPS) is 12.5. The molecule has 0 aliphatic carbocycles. The standard InChI is InChI=1S/C15H25NO2.C14H11Cl2NO2.2CH4/c1-6-15(17,12(2)11-16(3)4)13-8-7-9-14(10-13)18-5;15-10-5-3-6-11(16)14(10)17-12-7-2-1-4-9(12)8-13(18)19;;/h7-10,12,17H,6,11H2,1-5H3;1-7,17H,8H2,(H,18,19);2*1H4/t12-,15-;;;/m1.../s1. The molecule has 3 aromatic carbocycles. The number of rotatable bonds is 10. The molecule has 0 fully saturated rings. The number of para-hydroxylation sites is 2. The Morgan fingerprint density at radius 3 is 2.15 bits per heavy atom. The number of nitrogens with zero attached hydrogens (tertiary/aromatic N) is 1. The minimum Gasteiger partial charge on any atom is -0.497 e. The third-order valence-electron chi connectivity index (χ3n) is 6.14. The molecular formula is C31H44Cl2N2O4. The van der Waals surface area contributed by atoms with E-state index in [-0.39, 0.29) is 27.2 Å². The van der Waals surface area contributed by atoms with Crippen molar-refractivity contribution in [2.45, 2.75) is 47.1 Å². The maximum absolute atomic E-state index is 10.9. The van der Waals surface area contributed by atoms with Crippen LogP contribution in [0.15, 0.2) is 66.7 Å². The monoisotopic (exact) mass is 578 g/mol. The Bertz CT molecular complexity index is 1150. The van der Waals surface area contributed by atoms with Crippen LogP contribution >= 0.6 is 23.2 Å². The van der Waals surface area contributed by atoms with Gasteiger partial charge in [-0.1, -0.05) is 88.3 Å². The highest BCUT2D eigenvalue weighted by Crippen LogP contribution is 2.35. The van der Waals surface area contributed by atoms with Crippen LogP contribution in [-0.4, -0.2) is 48.8 Å². The summed E-state index contributed by atoms with van der Waals surface area (Å²) < 4.78 is 5.23. The van der Waals surface area contributed by atoms with Crippen LogP contribution in [0.3, 0.4) is 0 Å². The lowest BCUT2D eigenvalue weighted by Crippen LogP contribution is -2.38. The molecule has 0 saturated heterocycles. The van der Waals surface area contributed by atoms with E-state index in [2.05, 4.69) is 17.1 Å². The number of methoxy groups -OCH3 is 1. The number of nitrogens with one attached hydrogen (secondary N) is 1. The lowest BCUT2D eigenvalue weighted by atomic mass is 9.80. The van der Waals surface area contributed by atoms with Crippen molar-refractivity contribution in [1.29, 1.82) is 0 Å². The van der Waals surface area contributed by atoms with Gasteiger partial charge in [-0.05, 0) is 62.0 Å². The van der Waals surface area contributed by atoms with Crippen molar-refractivity contribution in [3.63, 3.8) is 0 Å². The number of halogens is 2. The van der Waals surface area contributed by atoms with Gasteiger partial charge in [-0.2, -0.15) is 0 Å². The summed E-state index contributed by atoms with van der Waals surface area (Å²) >= 11 is 12.1. The first-order valence-corrected chi connectivity index (χ1v) is 12.8. The van der Waals surface area contributed by atoms with Crippen LogP contribution in [0.2, 0.25) is 10.0 Å². The Hall–Kier alpha value is -2.77. The molecule has 3 rings (SSSR count). The first-order chi connectivity index (χ1) is 17.5. The average molecular weight is 580 g/mol. The van der Waals surface area contributed by atoms with Gasteiger partial charge in [0, 0.05) is 18.2 Å². The van der Waals surface area contributed by atoms with Crippen molar-refractivity contribution < 1.29 is 19.7 Å². The number of hydrogen-bond acceptors (Lipinski definition) is 5. The first-order valence-electron chi connectivity index (χ1n) is 12.0. The number of carbonyl (C=O) groups is 1. The second-order valence-electron chi connectivity index (χ2n) is 9.12. The van der Waals surface area contributed by atoms with Crippen molar-refractivity contribution in [3.05, 3.63) is 87.9 Å². The Morgan fingerprint density at radius 1 is 1.03 bits per heavy atom. The number of benzene rings is 3. The van der Waals surface area contributed by atoms with E-state index in [1.807, 2.05) is 51.4 Å². The van der Waals surface area contributed by atoms with Gasteiger partial charge in [-0.15, -0.1) is 0 Å². The third kappa shape index (κ3) is 10.4. The summed E-state index contributed by atoms with van der Waals surface area (Å²) in [4.78, 5) is 12.9. The lowest BCUT2D eigenvalue weighted by molar-refractivity contribution is -0.136. The molecule has 216 valence electrons. The van der Waals surface area contributed by atoms with Gasteiger partial charge in [-0.3, -0.25) is 4.79 Å². The predicted octanol–water partition coefficient (Wildman–Crippen LogP) is 8.13.